The van der Waals surface area contributed by atoms with Crippen LogP contribution in [-0.2, 0) is 10.0 Å². The molecule has 3 aromatic carbocycles. The number of benzene rings is 3. The van der Waals surface area contributed by atoms with E-state index in [0.29, 0.717) is 17.9 Å². The number of hydrogen-bond acceptors (Lipinski definition) is 4. The van der Waals surface area contributed by atoms with Crippen LogP contribution in [0.25, 0.3) is 16.8 Å². The first-order valence-corrected chi connectivity index (χ1v) is 10.3. The van der Waals surface area contributed by atoms with Crippen molar-refractivity contribution in [1.29, 1.82) is 0 Å². The second-order valence-corrected chi connectivity index (χ2v) is 7.95. The number of hydrogen-bond donors (Lipinski definition) is 1. The SMILES string of the molecule is CCOc1ccc2ccccc2c1/C=C/C(=O)c1ccc(S(=O)(=O)NC)cc1. The Morgan fingerprint density at radius 3 is 2.43 bits per heavy atom. The molecule has 3 aromatic rings. The first-order valence-electron chi connectivity index (χ1n) is 8.87. The lowest BCUT2D eigenvalue weighted by atomic mass is 10.0. The number of carbonyl (C=O) groups excluding carboxylic acids is 1. The van der Waals surface area contributed by atoms with Crippen LogP contribution in [0.15, 0.2) is 71.6 Å². The van der Waals surface area contributed by atoms with Gasteiger partial charge in [-0.05, 0) is 67.2 Å². The summed E-state index contributed by atoms with van der Waals surface area (Å²) < 4.78 is 31.5. The van der Waals surface area contributed by atoms with E-state index >= 15 is 0 Å². The summed E-state index contributed by atoms with van der Waals surface area (Å²) in [4.78, 5) is 12.7. The summed E-state index contributed by atoms with van der Waals surface area (Å²) in [7, 11) is -2.18. The molecule has 0 amide bonds. The standard InChI is InChI=1S/C22H21NO4S/c1-3-27-22-15-10-16-6-4-5-7-19(16)20(22)13-14-21(24)17-8-11-18(12-9-17)28(25,26)23-2/h4-15,23H,3H2,1-2H3/b14-13+. The Hall–Kier alpha value is -2.96. The minimum atomic E-state index is -3.53. The average Bonchev–Trinajstić information content (AvgIpc) is 2.73. The predicted octanol–water partition coefficient (Wildman–Crippen LogP) is 4.04. The maximum absolute atomic E-state index is 12.6. The maximum atomic E-state index is 12.6. The zero-order chi connectivity index (χ0) is 20.1. The van der Waals surface area contributed by atoms with E-state index < -0.39 is 10.0 Å². The highest BCUT2D eigenvalue weighted by Gasteiger charge is 2.12. The molecule has 0 spiro atoms. The van der Waals surface area contributed by atoms with E-state index in [1.165, 1.54) is 37.4 Å². The van der Waals surface area contributed by atoms with Gasteiger partial charge in [-0.2, -0.15) is 0 Å². The minimum absolute atomic E-state index is 0.114. The Morgan fingerprint density at radius 1 is 1.04 bits per heavy atom. The molecule has 144 valence electrons. The van der Waals surface area contributed by atoms with Gasteiger partial charge in [-0.15, -0.1) is 0 Å². The van der Waals surface area contributed by atoms with Crippen molar-refractivity contribution in [1.82, 2.24) is 4.72 Å². The molecule has 0 radical (unpaired) electrons. The van der Waals surface area contributed by atoms with Crippen LogP contribution in [0.2, 0.25) is 0 Å². The summed E-state index contributed by atoms with van der Waals surface area (Å²) in [6, 6.07) is 17.6. The first kappa shape index (κ1) is 19.8. The average molecular weight is 395 g/mol. The van der Waals surface area contributed by atoms with Crippen molar-refractivity contribution in [2.75, 3.05) is 13.7 Å². The molecule has 0 saturated heterocycles. The lowest BCUT2D eigenvalue weighted by molar-refractivity contribution is 0.104. The summed E-state index contributed by atoms with van der Waals surface area (Å²) in [5, 5.41) is 2.05. The summed E-state index contributed by atoms with van der Waals surface area (Å²) in [5.74, 6) is 0.490. The van der Waals surface area contributed by atoms with Crippen molar-refractivity contribution in [2.45, 2.75) is 11.8 Å². The van der Waals surface area contributed by atoms with Crippen molar-refractivity contribution in [3.8, 4) is 5.75 Å². The Bertz CT molecular complexity index is 1130. The van der Waals surface area contributed by atoms with E-state index in [-0.39, 0.29) is 10.7 Å². The van der Waals surface area contributed by atoms with Crippen LogP contribution in [0, 0.1) is 0 Å². The largest absolute Gasteiger partial charge is 0.493 e. The van der Waals surface area contributed by atoms with E-state index in [1.54, 1.807) is 6.08 Å². The predicted molar refractivity (Wildman–Crippen MR) is 111 cm³/mol. The van der Waals surface area contributed by atoms with Crippen LogP contribution in [0.4, 0.5) is 0 Å². The molecule has 0 unspecified atom stereocenters. The monoisotopic (exact) mass is 395 g/mol. The normalized spacial score (nSPS) is 11.8. The van der Waals surface area contributed by atoms with Crippen molar-refractivity contribution in [3.05, 3.63) is 77.9 Å². The molecule has 0 heterocycles. The molecule has 3 rings (SSSR count). The molecule has 0 bridgehead atoms. The first-order chi connectivity index (χ1) is 13.5. The van der Waals surface area contributed by atoms with Gasteiger partial charge in [0.1, 0.15) is 5.75 Å². The van der Waals surface area contributed by atoms with Crippen molar-refractivity contribution in [2.24, 2.45) is 0 Å². The Labute approximate surface area is 164 Å². The number of ether oxygens (including phenoxy) is 1. The van der Waals surface area contributed by atoms with Crippen molar-refractivity contribution >= 4 is 32.7 Å². The number of sulfonamides is 1. The topological polar surface area (TPSA) is 72.5 Å². The summed E-state index contributed by atoms with van der Waals surface area (Å²) in [5.41, 5.74) is 1.24. The lowest BCUT2D eigenvalue weighted by Gasteiger charge is -2.10. The molecule has 0 aliphatic rings. The Balaban J connectivity index is 1.93. The molecular formula is C22H21NO4S. The highest BCUT2D eigenvalue weighted by molar-refractivity contribution is 7.89. The fourth-order valence-corrected chi connectivity index (χ4v) is 3.63. The summed E-state index contributed by atoms with van der Waals surface area (Å²) in [6.45, 7) is 2.43. The molecule has 0 saturated carbocycles. The Morgan fingerprint density at radius 2 is 1.75 bits per heavy atom. The van der Waals surface area contributed by atoms with Gasteiger partial charge in [0.15, 0.2) is 5.78 Å². The number of carbonyl (C=O) groups is 1. The third-order valence-corrected chi connectivity index (χ3v) is 5.78. The zero-order valence-corrected chi connectivity index (χ0v) is 16.5. The van der Waals surface area contributed by atoms with Gasteiger partial charge in [-0.1, -0.05) is 30.3 Å². The third kappa shape index (κ3) is 4.13. The van der Waals surface area contributed by atoms with Crippen LogP contribution < -0.4 is 9.46 Å². The van der Waals surface area contributed by atoms with Crippen LogP contribution in [0.1, 0.15) is 22.8 Å². The molecule has 1 N–H and O–H groups in total. The molecule has 0 aliphatic heterocycles. The van der Waals surface area contributed by atoms with Crippen LogP contribution in [-0.4, -0.2) is 27.9 Å². The molecular weight excluding hydrogens is 374 g/mol. The third-order valence-electron chi connectivity index (χ3n) is 4.35. The highest BCUT2D eigenvalue weighted by Crippen LogP contribution is 2.29. The highest BCUT2D eigenvalue weighted by atomic mass is 32.2. The van der Waals surface area contributed by atoms with E-state index in [1.807, 2.05) is 43.3 Å². The number of nitrogens with one attached hydrogen (secondary N) is 1. The lowest BCUT2D eigenvalue weighted by Crippen LogP contribution is -2.18. The number of fused-ring (bicyclic) bond motifs is 1. The van der Waals surface area contributed by atoms with Gasteiger partial charge in [-0.3, -0.25) is 4.79 Å². The van der Waals surface area contributed by atoms with Gasteiger partial charge in [-0.25, -0.2) is 13.1 Å². The van der Waals surface area contributed by atoms with Gasteiger partial charge in [0.2, 0.25) is 10.0 Å². The molecule has 6 heteroatoms. The van der Waals surface area contributed by atoms with Gasteiger partial charge in [0.25, 0.3) is 0 Å². The molecule has 5 nitrogen and oxygen atoms in total. The fraction of sp³-hybridized carbons (Fsp3) is 0.136. The second-order valence-electron chi connectivity index (χ2n) is 6.06. The minimum Gasteiger partial charge on any atom is -0.493 e. The van der Waals surface area contributed by atoms with E-state index in [0.717, 1.165) is 16.3 Å². The number of ketones is 1. The number of allylic oxidation sites excluding steroid dienone is 1. The summed E-state index contributed by atoms with van der Waals surface area (Å²) >= 11 is 0. The fourth-order valence-electron chi connectivity index (χ4n) is 2.90. The molecule has 28 heavy (non-hydrogen) atoms. The Kier molecular flexibility index (Phi) is 5.92. The van der Waals surface area contributed by atoms with Crippen LogP contribution in [0.5, 0.6) is 5.75 Å². The van der Waals surface area contributed by atoms with Gasteiger partial charge in [0, 0.05) is 11.1 Å². The van der Waals surface area contributed by atoms with Gasteiger partial charge >= 0.3 is 0 Å². The van der Waals surface area contributed by atoms with E-state index in [9.17, 15) is 13.2 Å². The van der Waals surface area contributed by atoms with Crippen LogP contribution >= 0.6 is 0 Å². The van der Waals surface area contributed by atoms with E-state index in [4.69, 9.17) is 4.74 Å². The zero-order valence-electron chi connectivity index (χ0n) is 15.7. The summed E-state index contributed by atoms with van der Waals surface area (Å²) in [6.07, 6.45) is 3.22. The van der Waals surface area contributed by atoms with Gasteiger partial charge in [0.05, 0.1) is 11.5 Å². The smallest absolute Gasteiger partial charge is 0.240 e. The quantitative estimate of drug-likeness (QED) is 0.484. The van der Waals surface area contributed by atoms with Crippen molar-refractivity contribution in [3.63, 3.8) is 0 Å². The molecule has 0 aromatic heterocycles. The molecule has 0 fully saturated rings. The molecule has 0 aliphatic carbocycles. The second kappa shape index (κ2) is 8.37. The number of rotatable bonds is 7. The van der Waals surface area contributed by atoms with Crippen LogP contribution in [0.3, 0.4) is 0 Å². The van der Waals surface area contributed by atoms with E-state index in [2.05, 4.69) is 4.72 Å². The molecule has 0 atom stereocenters. The van der Waals surface area contributed by atoms with Gasteiger partial charge < -0.3 is 4.74 Å². The maximum Gasteiger partial charge on any atom is 0.240 e. The van der Waals surface area contributed by atoms with Crippen molar-refractivity contribution < 1.29 is 17.9 Å².